The van der Waals surface area contributed by atoms with Gasteiger partial charge in [-0.1, -0.05) is 41.7 Å². The summed E-state index contributed by atoms with van der Waals surface area (Å²) in [6.07, 6.45) is 0. The van der Waals surface area contributed by atoms with E-state index in [-0.39, 0.29) is 10.8 Å². The summed E-state index contributed by atoms with van der Waals surface area (Å²) in [6, 6.07) is 21.8. The summed E-state index contributed by atoms with van der Waals surface area (Å²) in [4.78, 5) is 12.6. The van der Waals surface area contributed by atoms with Crippen molar-refractivity contribution >= 4 is 38.1 Å². The predicted octanol–water partition coefficient (Wildman–Crippen LogP) is 4.66. The van der Waals surface area contributed by atoms with Gasteiger partial charge in [-0.05, 0) is 55.5 Å². The van der Waals surface area contributed by atoms with Crippen molar-refractivity contribution in [2.45, 2.75) is 11.8 Å². The highest BCUT2D eigenvalue weighted by atomic mass is 32.2. The van der Waals surface area contributed by atoms with Crippen molar-refractivity contribution in [3.05, 3.63) is 84.4 Å². The Morgan fingerprint density at radius 2 is 1.64 bits per heavy atom. The van der Waals surface area contributed by atoms with Crippen LogP contribution >= 0.6 is 11.3 Å². The molecule has 0 radical (unpaired) electrons. The monoisotopic (exact) mass is 480 g/mol. The minimum atomic E-state index is -3.77. The Hall–Kier alpha value is -3.76. The van der Waals surface area contributed by atoms with E-state index >= 15 is 0 Å². The average Bonchev–Trinajstić information content (AvgIpc) is 3.29. The Morgan fingerprint density at radius 1 is 0.939 bits per heavy atom. The lowest BCUT2D eigenvalue weighted by molar-refractivity contribution is 0.102. The van der Waals surface area contributed by atoms with Crippen LogP contribution in [0.2, 0.25) is 0 Å². The first-order valence-corrected chi connectivity index (χ1v) is 12.3. The number of rotatable bonds is 8. The molecule has 0 saturated heterocycles. The number of hydrogen-bond acceptors (Lipinski definition) is 7. The SMILES string of the molecule is CCOc1ccc(S(=O)(=O)Nc2ccc(C(=O)Nc3nnc(-c4ccccc4)s3)cc2)cc1. The number of aromatic nitrogens is 2. The second-order valence-electron chi connectivity index (χ2n) is 6.82. The molecule has 0 unspecified atom stereocenters. The topological polar surface area (TPSA) is 110 Å². The van der Waals surface area contributed by atoms with E-state index < -0.39 is 10.0 Å². The Bertz CT molecular complexity index is 1340. The number of carbonyl (C=O) groups is 1. The predicted molar refractivity (Wildman–Crippen MR) is 128 cm³/mol. The molecule has 0 bridgehead atoms. The maximum absolute atomic E-state index is 12.6. The maximum atomic E-state index is 12.6. The van der Waals surface area contributed by atoms with Gasteiger partial charge in [0.2, 0.25) is 5.13 Å². The molecule has 168 valence electrons. The van der Waals surface area contributed by atoms with Crippen LogP contribution in [0.15, 0.2) is 83.8 Å². The van der Waals surface area contributed by atoms with Crippen molar-refractivity contribution in [3.8, 4) is 16.3 Å². The van der Waals surface area contributed by atoms with Crippen molar-refractivity contribution < 1.29 is 17.9 Å². The van der Waals surface area contributed by atoms with Gasteiger partial charge in [-0.2, -0.15) is 0 Å². The van der Waals surface area contributed by atoms with Crippen LogP contribution < -0.4 is 14.8 Å². The van der Waals surface area contributed by atoms with Crippen LogP contribution in [0.5, 0.6) is 5.75 Å². The Labute approximate surface area is 195 Å². The van der Waals surface area contributed by atoms with E-state index in [1.54, 1.807) is 12.1 Å². The van der Waals surface area contributed by atoms with Gasteiger partial charge < -0.3 is 4.74 Å². The van der Waals surface area contributed by atoms with E-state index in [1.165, 1.54) is 47.7 Å². The van der Waals surface area contributed by atoms with Crippen LogP contribution in [0.4, 0.5) is 10.8 Å². The molecule has 0 atom stereocenters. The van der Waals surface area contributed by atoms with E-state index in [0.717, 1.165) is 5.56 Å². The number of carbonyl (C=O) groups excluding carboxylic acids is 1. The number of hydrogen-bond donors (Lipinski definition) is 2. The second kappa shape index (κ2) is 9.80. The van der Waals surface area contributed by atoms with Crippen LogP contribution in [0, 0.1) is 0 Å². The summed E-state index contributed by atoms with van der Waals surface area (Å²) in [7, 11) is -3.77. The van der Waals surface area contributed by atoms with Gasteiger partial charge >= 0.3 is 0 Å². The first-order chi connectivity index (χ1) is 15.9. The van der Waals surface area contributed by atoms with Crippen LogP contribution in [0.25, 0.3) is 10.6 Å². The molecule has 0 saturated carbocycles. The van der Waals surface area contributed by atoms with Gasteiger partial charge in [0, 0.05) is 16.8 Å². The van der Waals surface area contributed by atoms with Crippen molar-refractivity contribution in [2.75, 3.05) is 16.6 Å². The molecular weight excluding hydrogens is 460 g/mol. The largest absolute Gasteiger partial charge is 0.494 e. The quantitative estimate of drug-likeness (QED) is 0.380. The highest BCUT2D eigenvalue weighted by molar-refractivity contribution is 7.92. The van der Waals surface area contributed by atoms with E-state index in [2.05, 4.69) is 20.2 Å². The first-order valence-electron chi connectivity index (χ1n) is 10.0. The molecule has 1 amide bonds. The van der Waals surface area contributed by atoms with Gasteiger partial charge in [0.25, 0.3) is 15.9 Å². The van der Waals surface area contributed by atoms with Crippen LogP contribution in [-0.4, -0.2) is 31.1 Å². The zero-order valence-electron chi connectivity index (χ0n) is 17.6. The smallest absolute Gasteiger partial charge is 0.261 e. The summed E-state index contributed by atoms with van der Waals surface area (Å²) in [5.74, 6) is 0.227. The standard InChI is InChI=1S/C23H20N4O4S2/c1-2-31-19-12-14-20(15-13-19)33(29,30)27-18-10-8-16(9-11-18)21(28)24-23-26-25-22(32-23)17-6-4-3-5-7-17/h3-15,27H,2H2,1H3,(H,24,26,28). The molecule has 4 aromatic rings. The molecular formula is C23H20N4O4S2. The number of ether oxygens (including phenoxy) is 1. The minimum Gasteiger partial charge on any atom is -0.494 e. The van der Waals surface area contributed by atoms with Crippen molar-refractivity contribution in [1.82, 2.24) is 10.2 Å². The van der Waals surface area contributed by atoms with Crippen molar-refractivity contribution in [2.24, 2.45) is 0 Å². The van der Waals surface area contributed by atoms with Crippen molar-refractivity contribution in [1.29, 1.82) is 0 Å². The third-order valence-electron chi connectivity index (χ3n) is 4.51. The van der Waals surface area contributed by atoms with Crippen LogP contribution in [0.1, 0.15) is 17.3 Å². The fraction of sp³-hybridized carbons (Fsp3) is 0.0870. The molecule has 0 aliphatic rings. The number of benzene rings is 3. The summed E-state index contributed by atoms with van der Waals surface area (Å²) in [5.41, 5.74) is 1.61. The number of sulfonamides is 1. The molecule has 33 heavy (non-hydrogen) atoms. The zero-order valence-corrected chi connectivity index (χ0v) is 19.2. The summed E-state index contributed by atoms with van der Waals surface area (Å²) < 4.78 is 33.0. The Kier molecular flexibility index (Phi) is 6.66. The molecule has 0 spiro atoms. The molecule has 1 heterocycles. The van der Waals surface area contributed by atoms with E-state index in [1.807, 2.05) is 37.3 Å². The fourth-order valence-electron chi connectivity index (χ4n) is 2.93. The number of nitrogens with one attached hydrogen (secondary N) is 2. The minimum absolute atomic E-state index is 0.110. The molecule has 0 aliphatic heterocycles. The van der Waals surface area contributed by atoms with Gasteiger partial charge in [-0.25, -0.2) is 8.42 Å². The van der Waals surface area contributed by atoms with Gasteiger partial charge in [0.05, 0.1) is 11.5 Å². The zero-order chi connectivity index (χ0) is 23.3. The maximum Gasteiger partial charge on any atom is 0.261 e. The molecule has 3 aromatic carbocycles. The van der Waals surface area contributed by atoms with E-state index in [4.69, 9.17) is 4.74 Å². The highest BCUT2D eigenvalue weighted by Gasteiger charge is 2.15. The van der Waals surface area contributed by atoms with Gasteiger partial charge in [-0.15, -0.1) is 10.2 Å². The highest BCUT2D eigenvalue weighted by Crippen LogP contribution is 2.26. The summed E-state index contributed by atoms with van der Waals surface area (Å²) in [5, 5.41) is 11.9. The number of amides is 1. The second-order valence-corrected chi connectivity index (χ2v) is 9.48. The molecule has 10 heteroatoms. The van der Waals surface area contributed by atoms with Crippen molar-refractivity contribution in [3.63, 3.8) is 0 Å². The Morgan fingerprint density at radius 3 is 2.30 bits per heavy atom. The number of anilines is 2. The molecule has 4 rings (SSSR count). The first kappa shape index (κ1) is 22.4. The van der Waals surface area contributed by atoms with Gasteiger partial charge in [-0.3, -0.25) is 14.8 Å². The van der Waals surface area contributed by atoms with E-state index in [0.29, 0.717) is 33.7 Å². The molecule has 1 aromatic heterocycles. The third-order valence-corrected chi connectivity index (χ3v) is 6.80. The lowest BCUT2D eigenvalue weighted by atomic mass is 10.2. The Balaban J connectivity index is 1.40. The fourth-order valence-corrected chi connectivity index (χ4v) is 4.73. The summed E-state index contributed by atoms with van der Waals surface area (Å²) in [6.45, 7) is 2.35. The third kappa shape index (κ3) is 5.54. The lowest BCUT2D eigenvalue weighted by Gasteiger charge is -2.10. The average molecular weight is 481 g/mol. The lowest BCUT2D eigenvalue weighted by Crippen LogP contribution is -2.14. The summed E-state index contributed by atoms with van der Waals surface area (Å²) >= 11 is 1.27. The molecule has 2 N–H and O–H groups in total. The van der Waals surface area contributed by atoms with E-state index in [9.17, 15) is 13.2 Å². The normalized spacial score (nSPS) is 11.1. The van der Waals surface area contributed by atoms with Gasteiger partial charge in [0.15, 0.2) is 0 Å². The van der Waals surface area contributed by atoms with Crippen LogP contribution in [0.3, 0.4) is 0 Å². The van der Waals surface area contributed by atoms with Gasteiger partial charge in [0.1, 0.15) is 10.8 Å². The van der Waals surface area contributed by atoms with Crippen LogP contribution in [-0.2, 0) is 10.0 Å². The molecule has 8 nitrogen and oxygen atoms in total. The number of nitrogens with zero attached hydrogens (tertiary/aromatic N) is 2. The molecule has 0 aliphatic carbocycles. The molecule has 0 fully saturated rings.